The molecule has 2 aromatic rings. The number of aromatic carboxylic acids is 2. The molecule has 33 heavy (non-hydrogen) atoms. The molecule has 0 fully saturated rings. The van der Waals surface area contributed by atoms with E-state index in [2.05, 4.69) is 5.10 Å². The van der Waals surface area contributed by atoms with Gasteiger partial charge in [0.25, 0.3) is 5.56 Å². The Hall–Kier alpha value is -4.41. The first-order chi connectivity index (χ1) is 15.6. The smallest absolute Gasteiger partial charge is 0.345 e. The second-order valence-corrected chi connectivity index (χ2v) is 6.51. The molecule has 0 atom stereocenters. The average Bonchev–Trinajstić information content (AvgIpc) is 3.04. The fourth-order valence-corrected chi connectivity index (χ4v) is 2.83. The summed E-state index contributed by atoms with van der Waals surface area (Å²) in [6, 6.07) is 3.27. The Balaban J connectivity index is 2.54. The normalized spacial score (nSPS) is 10.6. The molecule has 1 aromatic heterocycles. The number of H-pyrrole nitrogens is 1. The minimum atomic E-state index is -1.35. The molecule has 0 aliphatic carbocycles. The highest BCUT2D eigenvalue weighted by molar-refractivity contribution is 6.14. The highest BCUT2D eigenvalue weighted by Crippen LogP contribution is 2.17. The summed E-state index contributed by atoms with van der Waals surface area (Å²) in [6.45, 7) is 4.78. The zero-order chi connectivity index (χ0) is 24.7. The van der Waals surface area contributed by atoms with Crippen LogP contribution in [0.5, 0.6) is 0 Å². The Morgan fingerprint density at radius 2 is 1.64 bits per heavy atom. The van der Waals surface area contributed by atoms with E-state index in [9.17, 15) is 34.2 Å². The number of aryl methyl sites for hydroxylation is 1. The third-order valence-corrected chi connectivity index (χ3v) is 4.35. The Bertz CT molecular complexity index is 1190. The Morgan fingerprint density at radius 1 is 1.03 bits per heavy atom. The van der Waals surface area contributed by atoms with Crippen LogP contribution in [0.15, 0.2) is 40.7 Å². The maximum atomic E-state index is 12.9. The molecule has 0 unspecified atom stereocenters. The molecule has 11 nitrogen and oxygen atoms in total. The van der Waals surface area contributed by atoms with Crippen molar-refractivity contribution < 1.29 is 38.9 Å². The topological polar surface area (TPSA) is 165 Å². The second kappa shape index (κ2) is 10.8. The number of allylic oxidation sites excluding steroid dienone is 2. The van der Waals surface area contributed by atoms with Crippen molar-refractivity contribution in [1.82, 2.24) is 9.78 Å². The monoisotopic (exact) mass is 458 g/mol. The van der Waals surface area contributed by atoms with Crippen LogP contribution in [0.4, 0.5) is 0 Å². The quantitative estimate of drug-likeness (QED) is 0.167. The van der Waals surface area contributed by atoms with Crippen LogP contribution in [0.2, 0.25) is 0 Å². The summed E-state index contributed by atoms with van der Waals surface area (Å²) in [4.78, 5) is 59.8. The molecule has 0 amide bonds. The van der Waals surface area contributed by atoms with Gasteiger partial charge in [0.2, 0.25) is 0 Å². The van der Waals surface area contributed by atoms with Crippen LogP contribution in [-0.4, -0.2) is 57.1 Å². The minimum absolute atomic E-state index is 0.0439. The standard InChI is InChI=1S/C22H22N2O9/c1-4-32-21(30)16(22(31)33-5-2)8-6-7-14-12(3)23-24(18(14)25)17-11-13(19(26)27)9-10-15(17)20(28)29/h6-11,23H,4-5H2,1-3H3,(H,26,27)(H,28,29). The van der Waals surface area contributed by atoms with Crippen LogP contribution >= 0.6 is 0 Å². The molecule has 0 saturated carbocycles. The van der Waals surface area contributed by atoms with Gasteiger partial charge in [0, 0.05) is 5.69 Å². The molecule has 0 radical (unpaired) electrons. The summed E-state index contributed by atoms with van der Waals surface area (Å²) in [6.07, 6.45) is 3.72. The number of benzene rings is 1. The van der Waals surface area contributed by atoms with Crippen molar-refractivity contribution >= 4 is 30.0 Å². The number of aromatic amines is 1. The number of ether oxygens (including phenoxy) is 2. The number of nitrogens with zero attached hydrogens (tertiary/aromatic N) is 1. The van der Waals surface area contributed by atoms with Crippen molar-refractivity contribution in [3.05, 3.63) is 68.7 Å². The molecule has 0 aliphatic heterocycles. The second-order valence-electron chi connectivity index (χ2n) is 6.51. The molecule has 0 bridgehead atoms. The summed E-state index contributed by atoms with van der Waals surface area (Å²) in [7, 11) is 0. The molecular formula is C22H22N2O9. The van der Waals surface area contributed by atoms with Gasteiger partial charge in [0.15, 0.2) is 0 Å². The fraction of sp³-hybridized carbons (Fsp3) is 0.227. The Labute approximate surface area is 187 Å². The van der Waals surface area contributed by atoms with E-state index in [1.807, 2.05) is 0 Å². The van der Waals surface area contributed by atoms with Crippen LogP contribution in [0.3, 0.4) is 0 Å². The predicted octanol–water partition coefficient (Wildman–Crippen LogP) is 1.94. The molecular weight excluding hydrogens is 436 g/mol. The lowest BCUT2D eigenvalue weighted by Gasteiger charge is -2.07. The van der Waals surface area contributed by atoms with E-state index in [-0.39, 0.29) is 41.2 Å². The summed E-state index contributed by atoms with van der Waals surface area (Å²) in [5.41, 5.74) is -1.27. The maximum Gasteiger partial charge on any atom is 0.345 e. The lowest BCUT2D eigenvalue weighted by atomic mass is 10.1. The number of hydrogen-bond donors (Lipinski definition) is 3. The number of carbonyl (C=O) groups is 4. The first-order valence-corrected chi connectivity index (χ1v) is 9.77. The minimum Gasteiger partial charge on any atom is -0.478 e. The van der Waals surface area contributed by atoms with Gasteiger partial charge in [-0.2, -0.15) is 0 Å². The number of rotatable bonds is 9. The molecule has 2 rings (SSSR count). The highest BCUT2D eigenvalue weighted by Gasteiger charge is 2.21. The van der Waals surface area contributed by atoms with Crippen LogP contribution < -0.4 is 5.56 Å². The van der Waals surface area contributed by atoms with E-state index in [0.717, 1.165) is 29.0 Å². The van der Waals surface area contributed by atoms with E-state index >= 15 is 0 Å². The number of hydrogen-bond acceptors (Lipinski definition) is 7. The third kappa shape index (κ3) is 5.64. The van der Waals surface area contributed by atoms with Crippen molar-refractivity contribution in [2.45, 2.75) is 20.8 Å². The lowest BCUT2D eigenvalue weighted by molar-refractivity contribution is -0.146. The van der Waals surface area contributed by atoms with Crippen LogP contribution in [0.25, 0.3) is 11.8 Å². The van der Waals surface area contributed by atoms with Crippen molar-refractivity contribution in [3.63, 3.8) is 0 Å². The van der Waals surface area contributed by atoms with E-state index in [4.69, 9.17) is 9.47 Å². The number of carboxylic acid groups (broad SMARTS) is 2. The molecule has 0 saturated heterocycles. The molecule has 11 heteroatoms. The number of nitrogens with one attached hydrogen (secondary N) is 1. The summed E-state index contributed by atoms with van der Waals surface area (Å²) < 4.78 is 10.6. The summed E-state index contributed by atoms with van der Waals surface area (Å²) in [5.74, 6) is -4.42. The number of aromatic nitrogens is 2. The van der Waals surface area contributed by atoms with Gasteiger partial charge in [-0.1, -0.05) is 6.08 Å². The fourth-order valence-electron chi connectivity index (χ4n) is 2.83. The van der Waals surface area contributed by atoms with E-state index in [1.165, 1.54) is 12.2 Å². The van der Waals surface area contributed by atoms with Gasteiger partial charge < -0.3 is 19.7 Å². The molecule has 0 aliphatic rings. The SMILES string of the molecule is CCOC(=O)C(=CC=Cc1c(C)[nH]n(-c2cc(C(=O)O)ccc2C(=O)O)c1=O)C(=O)OCC. The van der Waals surface area contributed by atoms with Gasteiger partial charge in [0.05, 0.1) is 35.6 Å². The highest BCUT2D eigenvalue weighted by atomic mass is 16.6. The molecule has 3 N–H and O–H groups in total. The van der Waals surface area contributed by atoms with Crippen molar-refractivity contribution in [2.24, 2.45) is 0 Å². The zero-order valence-corrected chi connectivity index (χ0v) is 18.1. The Kier molecular flexibility index (Phi) is 8.10. The van der Waals surface area contributed by atoms with E-state index in [1.54, 1.807) is 20.8 Å². The maximum absolute atomic E-state index is 12.9. The molecule has 1 aromatic carbocycles. The van der Waals surface area contributed by atoms with Gasteiger partial charge in [-0.3, -0.25) is 9.89 Å². The first-order valence-electron chi connectivity index (χ1n) is 9.77. The Morgan fingerprint density at radius 3 is 2.15 bits per heavy atom. The van der Waals surface area contributed by atoms with Gasteiger partial charge in [-0.05, 0) is 51.1 Å². The molecule has 174 valence electrons. The summed E-state index contributed by atoms with van der Waals surface area (Å²) in [5, 5.41) is 21.3. The molecule has 1 heterocycles. The van der Waals surface area contributed by atoms with Crippen molar-refractivity contribution in [2.75, 3.05) is 13.2 Å². The zero-order valence-electron chi connectivity index (χ0n) is 18.1. The van der Waals surface area contributed by atoms with Crippen molar-refractivity contribution in [1.29, 1.82) is 0 Å². The number of carboxylic acids is 2. The van der Waals surface area contributed by atoms with Crippen molar-refractivity contribution in [3.8, 4) is 5.69 Å². The lowest BCUT2D eigenvalue weighted by Crippen LogP contribution is -2.19. The first kappa shape index (κ1) is 24.9. The number of esters is 2. The number of carbonyl (C=O) groups excluding carboxylic acids is 2. The van der Waals surface area contributed by atoms with Crippen LogP contribution in [0, 0.1) is 6.92 Å². The molecule has 0 spiro atoms. The van der Waals surface area contributed by atoms with Gasteiger partial charge in [-0.25, -0.2) is 23.9 Å². The average molecular weight is 458 g/mol. The van der Waals surface area contributed by atoms with E-state index in [0.29, 0.717) is 5.69 Å². The van der Waals surface area contributed by atoms with Gasteiger partial charge in [0.1, 0.15) is 5.57 Å². The van der Waals surface area contributed by atoms with Gasteiger partial charge >= 0.3 is 23.9 Å². The van der Waals surface area contributed by atoms with E-state index < -0.39 is 29.4 Å². The largest absolute Gasteiger partial charge is 0.478 e. The summed E-state index contributed by atoms with van der Waals surface area (Å²) >= 11 is 0. The third-order valence-electron chi connectivity index (χ3n) is 4.35. The predicted molar refractivity (Wildman–Crippen MR) is 115 cm³/mol. The van der Waals surface area contributed by atoms with Crippen LogP contribution in [-0.2, 0) is 19.1 Å². The van der Waals surface area contributed by atoms with Gasteiger partial charge in [-0.15, -0.1) is 0 Å². The van der Waals surface area contributed by atoms with Crippen LogP contribution in [0.1, 0.15) is 45.8 Å².